The first kappa shape index (κ1) is 24.8. The summed E-state index contributed by atoms with van der Waals surface area (Å²) < 4.78 is 17.1. The minimum absolute atomic E-state index is 0. The summed E-state index contributed by atoms with van der Waals surface area (Å²) in [6, 6.07) is 6.04. The summed E-state index contributed by atoms with van der Waals surface area (Å²) in [5.74, 6) is 2.37. The molecule has 7 heteroatoms. The lowest BCUT2D eigenvalue weighted by Crippen LogP contribution is -2.45. The number of ether oxygens (including phenoxy) is 3. The smallest absolute Gasteiger partial charge is 0.191 e. The van der Waals surface area contributed by atoms with Gasteiger partial charge in [0.2, 0.25) is 0 Å². The van der Waals surface area contributed by atoms with Gasteiger partial charge in [-0.05, 0) is 64.2 Å². The SMILES string of the molecule is CCNC(=NCc1ccc(OC)c(OC2CCCC2)c1)NCC(C)(C)OC.I. The molecule has 0 heterocycles. The first-order valence-corrected chi connectivity index (χ1v) is 9.88. The second-order valence-corrected chi connectivity index (χ2v) is 7.52. The maximum absolute atomic E-state index is 6.18. The lowest BCUT2D eigenvalue weighted by molar-refractivity contribution is 0.0268. The van der Waals surface area contributed by atoms with E-state index in [0.29, 0.717) is 19.2 Å². The minimum atomic E-state index is -0.251. The molecule has 1 aliphatic rings. The summed E-state index contributed by atoms with van der Waals surface area (Å²) in [6.07, 6.45) is 5.02. The van der Waals surface area contributed by atoms with Crippen molar-refractivity contribution in [3.05, 3.63) is 23.8 Å². The van der Waals surface area contributed by atoms with Crippen LogP contribution >= 0.6 is 24.0 Å². The van der Waals surface area contributed by atoms with Crippen molar-refractivity contribution in [2.75, 3.05) is 27.3 Å². The molecule has 0 spiro atoms. The van der Waals surface area contributed by atoms with Gasteiger partial charge in [-0.1, -0.05) is 6.07 Å². The third-order valence-corrected chi connectivity index (χ3v) is 4.82. The largest absolute Gasteiger partial charge is 0.493 e. The highest BCUT2D eigenvalue weighted by Gasteiger charge is 2.19. The van der Waals surface area contributed by atoms with E-state index >= 15 is 0 Å². The number of aliphatic imine (C=N–C) groups is 1. The molecule has 6 nitrogen and oxygen atoms in total. The zero-order valence-electron chi connectivity index (χ0n) is 17.8. The fourth-order valence-corrected chi connectivity index (χ4v) is 2.98. The van der Waals surface area contributed by atoms with E-state index in [4.69, 9.17) is 19.2 Å². The number of benzene rings is 1. The first-order valence-electron chi connectivity index (χ1n) is 9.88. The fraction of sp³-hybridized carbons (Fsp3) is 0.667. The molecule has 0 atom stereocenters. The van der Waals surface area contributed by atoms with E-state index in [1.54, 1.807) is 14.2 Å². The Morgan fingerprint density at radius 2 is 1.86 bits per heavy atom. The quantitative estimate of drug-likeness (QED) is 0.301. The summed E-state index contributed by atoms with van der Waals surface area (Å²) in [4.78, 5) is 4.69. The molecule has 2 N–H and O–H groups in total. The summed E-state index contributed by atoms with van der Waals surface area (Å²) in [7, 11) is 3.40. The molecule has 28 heavy (non-hydrogen) atoms. The maximum Gasteiger partial charge on any atom is 0.191 e. The average molecular weight is 505 g/mol. The Balaban J connectivity index is 0.00000392. The van der Waals surface area contributed by atoms with Crippen LogP contribution in [0.25, 0.3) is 0 Å². The normalized spacial score (nSPS) is 15.1. The Morgan fingerprint density at radius 1 is 1.14 bits per heavy atom. The lowest BCUT2D eigenvalue weighted by atomic mass is 10.1. The number of guanidine groups is 1. The number of methoxy groups -OCH3 is 2. The van der Waals surface area contributed by atoms with Gasteiger partial charge in [0.05, 0.1) is 25.4 Å². The van der Waals surface area contributed by atoms with Gasteiger partial charge in [-0.15, -0.1) is 24.0 Å². The number of nitrogens with one attached hydrogen (secondary N) is 2. The van der Waals surface area contributed by atoms with Gasteiger partial charge in [-0.25, -0.2) is 4.99 Å². The standard InChI is InChI=1S/C21H35N3O3.HI/c1-6-22-20(24-15-21(2,3)26-5)23-14-16-11-12-18(25-4)19(13-16)27-17-9-7-8-10-17;/h11-13,17H,6-10,14-15H2,1-5H3,(H2,22,23,24);1H. The topological polar surface area (TPSA) is 64.1 Å². The van der Waals surface area contributed by atoms with Crippen molar-refractivity contribution in [1.82, 2.24) is 10.6 Å². The molecule has 1 saturated carbocycles. The third kappa shape index (κ3) is 8.03. The van der Waals surface area contributed by atoms with Gasteiger partial charge < -0.3 is 24.8 Å². The number of halogens is 1. The predicted molar refractivity (Wildman–Crippen MR) is 125 cm³/mol. The maximum atomic E-state index is 6.18. The molecule has 0 aromatic heterocycles. The van der Waals surface area contributed by atoms with Crippen LogP contribution in [-0.4, -0.2) is 45.0 Å². The van der Waals surface area contributed by atoms with Crippen LogP contribution < -0.4 is 20.1 Å². The second kappa shape index (κ2) is 12.4. The van der Waals surface area contributed by atoms with Crippen molar-refractivity contribution in [2.24, 2.45) is 4.99 Å². The van der Waals surface area contributed by atoms with E-state index in [9.17, 15) is 0 Å². The number of rotatable bonds is 9. The summed E-state index contributed by atoms with van der Waals surface area (Å²) in [5.41, 5.74) is 0.838. The molecule has 0 amide bonds. The Kier molecular flexibility index (Phi) is 11.0. The Labute approximate surface area is 186 Å². The van der Waals surface area contributed by atoms with Crippen molar-refractivity contribution >= 4 is 29.9 Å². The molecular formula is C21H36IN3O3. The van der Waals surface area contributed by atoms with E-state index in [-0.39, 0.29) is 29.6 Å². The summed E-state index contributed by atoms with van der Waals surface area (Å²) >= 11 is 0. The monoisotopic (exact) mass is 505 g/mol. The molecule has 1 fully saturated rings. The zero-order chi connectivity index (χ0) is 19.7. The van der Waals surface area contributed by atoms with Crippen LogP contribution in [0.1, 0.15) is 52.0 Å². The van der Waals surface area contributed by atoms with Crippen molar-refractivity contribution < 1.29 is 14.2 Å². The molecule has 1 aliphatic carbocycles. The number of hydrogen-bond acceptors (Lipinski definition) is 4. The second-order valence-electron chi connectivity index (χ2n) is 7.52. The van der Waals surface area contributed by atoms with Gasteiger partial charge in [-0.3, -0.25) is 0 Å². The lowest BCUT2D eigenvalue weighted by Gasteiger charge is -2.24. The minimum Gasteiger partial charge on any atom is -0.493 e. The van der Waals surface area contributed by atoms with E-state index in [2.05, 4.69) is 17.6 Å². The van der Waals surface area contributed by atoms with Gasteiger partial charge in [0.15, 0.2) is 17.5 Å². The van der Waals surface area contributed by atoms with Crippen LogP contribution in [0.4, 0.5) is 0 Å². The zero-order valence-corrected chi connectivity index (χ0v) is 20.2. The van der Waals surface area contributed by atoms with Crippen LogP contribution in [0.3, 0.4) is 0 Å². The molecule has 1 aromatic carbocycles. The fourth-order valence-electron chi connectivity index (χ4n) is 2.98. The highest BCUT2D eigenvalue weighted by Crippen LogP contribution is 2.32. The molecule has 0 unspecified atom stereocenters. The van der Waals surface area contributed by atoms with E-state index in [0.717, 1.165) is 42.4 Å². The highest BCUT2D eigenvalue weighted by molar-refractivity contribution is 14.0. The van der Waals surface area contributed by atoms with Crippen LogP contribution in [0.2, 0.25) is 0 Å². The van der Waals surface area contributed by atoms with Gasteiger partial charge in [0.25, 0.3) is 0 Å². The molecule has 0 aliphatic heterocycles. The predicted octanol–water partition coefficient (Wildman–Crippen LogP) is 4.11. The third-order valence-electron chi connectivity index (χ3n) is 4.82. The number of nitrogens with zero attached hydrogens (tertiary/aromatic N) is 1. The molecular weight excluding hydrogens is 469 g/mol. The van der Waals surface area contributed by atoms with Crippen LogP contribution in [0.5, 0.6) is 11.5 Å². The average Bonchev–Trinajstić information content (AvgIpc) is 3.17. The highest BCUT2D eigenvalue weighted by atomic mass is 127. The Bertz CT molecular complexity index is 617. The Morgan fingerprint density at radius 3 is 2.46 bits per heavy atom. The first-order chi connectivity index (χ1) is 13.0. The van der Waals surface area contributed by atoms with Gasteiger partial charge in [0, 0.05) is 20.2 Å². The molecule has 0 radical (unpaired) electrons. The molecule has 0 bridgehead atoms. The summed E-state index contributed by atoms with van der Waals surface area (Å²) in [5, 5.41) is 6.61. The van der Waals surface area contributed by atoms with Crippen LogP contribution in [-0.2, 0) is 11.3 Å². The van der Waals surface area contributed by atoms with Gasteiger partial charge >= 0.3 is 0 Å². The number of hydrogen-bond donors (Lipinski definition) is 2. The van der Waals surface area contributed by atoms with E-state index in [1.807, 2.05) is 32.0 Å². The molecule has 2 rings (SSSR count). The van der Waals surface area contributed by atoms with Crippen molar-refractivity contribution in [3.8, 4) is 11.5 Å². The van der Waals surface area contributed by atoms with Crippen molar-refractivity contribution in [3.63, 3.8) is 0 Å². The van der Waals surface area contributed by atoms with E-state index in [1.165, 1.54) is 12.8 Å². The Hall–Kier alpha value is -1.22. The molecule has 160 valence electrons. The van der Waals surface area contributed by atoms with Gasteiger partial charge in [0.1, 0.15) is 0 Å². The van der Waals surface area contributed by atoms with E-state index < -0.39 is 0 Å². The van der Waals surface area contributed by atoms with Crippen molar-refractivity contribution in [2.45, 2.75) is 64.7 Å². The molecule has 0 saturated heterocycles. The molecule has 1 aromatic rings. The summed E-state index contributed by atoms with van der Waals surface area (Å²) in [6.45, 7) is 8.18. The van der Waals surface area contributed by atoms with Crippen LogP contribution in [0.15, 0.2) is 23.2 Å². The van der Waals surface area contributed by atoms with Gasteiger partial charge in [-0.2, -0.15) is 0 Å². The van der Waals surface area contributed by atoms with Crippen LogP contribution in [0, 0.1) is 0 Å². The van der Waals surface area contributed by atoms with Crippen molar-refractivity contribution in [1.29, 1.82) is 0 Å².